The molecule has 1 amide bonds. The van der Waals surface area contributed by atoms with Crippen LogP contribution in [0.1, 0.15) is 51.9 Å². The van der Waals surface area contributed by atoms with Gasteiger partial charge in [-0.1, -0.05) is 24.9 Å². The van der Waals surface area contributed by atoms with Gasteiger partial charge in [-0.05, 0) is 31.6 Å². The van der Waals surface area contributed by atoms with Crippen LogP contribution in [0.2, 0.25) is 0 Å². The Morgan fingerprint density at radius 3 is 2.60 bits per heavy atom. The van der Waals surface area contributed by atoms with Gasteiger partial charge in [-0.2, -0.15) is 0 Å². The Bertz CT molecular complexity index is 400. The normalized spacial score (nSPS) is 29.4. The molecule has 112 valence electrons. The molecule has 2 N–H and O–H groups in total. The van der Waals surface area contributed by atoms with Crippen molar-refractivity contribution in [3.8, 4) is 0 Å². The van der Waals surface area contributed by atoms with Gasteiger partial charge in [0.2, 0.25) is 6.10 Å². The predicted molar refractivity (Wildman–Crippen MR) is 73.4 cm³/mol. The number of hydrogen-bond acceptors (Lipinski definition) is 4. The van der Waals surface area contributed by atoms with E-state index in [2.05, 4.69) is 17.4 Å². The van der Waals surface area contributed by atoms with Crippen molar-refractivity contribution < 1.29 is 19.5 Å². The Labute approximate surface area is 118 Å². The van der Waals surface area contributed by atoms with Crippen LogP contribution in [0.15, 0.2) is 5.16 Å². The van der Waals surface area contributed by atoms with Gasteiger partial charge in [-0.25, -0.2) is 4.79 Å². The van der Waals surface area contributed by atoms with Crippen molar-refractivity contribution in [1.29, 1.82) is 0 Å². The maximum absolute atomic E-state index is 12.0. The smallest absolute Gasteiger partial charge is 0.353 e. The molecule has 0 saturated heterocycles. The van der Waals surface area contributed by atoms with Crippen LogP contribution in [0, 0.1) is 5.92 Å². The van der Waals surface area contributed by atoms with E-state index in [-0.39, 0.29) is 24.1 Å². The van der Waals surface area contributed by atoms with Crippen molar-refractivity contribution in [3.05, 3.63) is 0 Å². The highest BCUT2D eigenvalue weighted by molar-refractivity contribution is 6.36. The number of hydrogen-bond donors (Lipinski definition) is 2. The summed E-state index contributed by atoms with van der Waals surface area (Å²) in [6.45, 7) is 2.20. The van der Waals surface area contributed by atoms with E-state index in [0.717, 1.165) is 31.6 Å². The fraction of sp³-hybridized carbons (Fsp3) is 0.786. The quantitative estimate of drug-likeness (QED) is 0.803. The molecule has 1 saturated carbocycles. The van der Waals surface area contributed by atoms with Gasteiger partial charge in [0, 0.05) is 12.5 Å². The molecule has 6 heteroatoms. The van der Waals surface area contributed by atoms with Gasteiger partial charge in [0.1, 0.15) is 0 Å². The lowest BCUT2D eigenvalue weighted by atomic mass is 9.83. The van der Waals surface area contributed by atoms with Gasteiger partial charge in [0.05, 0.1) is 0 Å². The zero-order valence-electron chi connectivity index (χ0n) is 11.8. The average molecular weight is 282 g/mol. The minimum Gasteiger partial charge on any atom is -0.477 e. The van der Waals surface area contributed by atoms with E-state index in [0.29, 0.717) is 0 Å². The van der Waals surface area contributed by atoms with Crippen molar-refractivity contribution in [3.63, 3.8) is 0 Å². The largest absolute Gasteiger partial charge is 0.477 e. The van der Waals surface area contributed by atoms with Crippen LogP contribution in [-0.2, 0) is 14.4 Å². The maximum atomic E-state index is 12.0. The molecule has 1 aliphatic carbocycles. The average Bonchev–Trinajstić information content (AvgIpc) is 2.91. The van der Waals surface area contributed by atoms with E-state index in [1.807, 2.05) is 0 Å². The van der Waals surface area contributed by atoms with Gasteiger partial charge in [0.15, 0.2) is 5.71 Å². The Morgan fingerprint density at radius 1 is 1.35 bits per heavy atom. The maximum Gasteiger partial charge on any atom is 0.353 e. The third-order valence-corrected chi connectivity index (χ3v) is 4.10. The highest BCUT2D eigenvalue weighted by Crippen LogP contribution is 2.27. The molecule has 2 aliphatic rings. The molecule has 1 unspecified atom stereocenters. The van der Waals surface area contributed by atoms with Gasteiger partial charge in [-0.15, -0.1) is 0 Å². The summed E-state index contributed by atoms with van der Waals surface area (Å²) in [7, 11) is 0. The van der Waals surface area contributed by atoms with Crippen LogP contribution < -0.4 is 5.32 Å². The molecule has 0 aromatic rings. The molecule has 1 atom stereocenters. The second-order valence-electron chi connectivity index (χ2n) is 5.66. The molecule has 1 heterocycles. The van der Waals surface area contributed by atoms with Crippen molar-refractivity contribution in [2.24, 2.45) is 11.1 Å². The van der Waals surface area contributed by atoms with Gasteiger partial charge in [0.25, 0.3) is 5.91 Å². The summed E-state index contributed by atoms with van der Waals surface area (Å²) < 4.78 is 0. The van der Waals surface area contributed by atoms with Crippen molar-refractivity contribution in [2.45, 2.75) is 64.0 Å². The number of carboxylic acids is 1. The predicted octanol–water partition coefficient (Wildman–Crippen LogP) is 1.69. The fourth-order valence-corrected chi connectivity index (χ4v) is 2.94. The summed E-state index contributed by atoms with van der Waals surface area (Å²) in [4.78, 5) is 27.6. The molecule has 0 aromatic heterocycles. The zero-order valence-corrected chi connectivity index (χ0v) is 11.8. The number of oxime groups is 1. The minimum absolute atomic E-state index is 0.0480. The summed E-state index contributed by atoms with van der Waals surface area (Å²) in [6, 6.07) is 0.188. The van der Waals surface area contributed by atoms with Gasteiger partial charge >= 0.3 is 5.97 Å². The lowest BCUT2D eigenvalue weighted by Gasteiger charge is -2.29. The fourth-order valence-electron chi connectivity index (χ4n) is 2.94. The monoisotopic (exact) mass is 282 g/mol. The van der Waals surface area contributed by atoms with Crippen molar-refractivity contribution in [1.82, 2.24) is 5.32 Å². The third kappa shape index (κ3) is 3.71. The highest BCUT2D eigenvalue weighted by Gasteiger charge is 2.33. The number of nitrogens with zero attached hydrogens (tertiary/aromatic N) is 1. The molecule has 2 rings (SSSR count). The summed E-state index contributed by atoms with van der Waals surface area (Å²) in [5.74, 6) is -0.581. The molecule has 20 heavy (non-hydrogen) atoms. The van der Waals surface area contributed by atoms with E-state index in [1.54, 1.807) is 0 Å². The summed E-state index contributed by atoms with van der Waals surface area (Å²) in [5.41, 5.74) is -0.0863. The van der Waals surface area contributed by atoms with Crippen molar-refractivity contribution >= 4 is 17.6 Å². The number of carbonyl (C=O) groups excluding carboxylic acids is 1. The van der Waals surface area contributed by atoms with E-state index in [9.17, 15) is 9.59 Å². The summed E-state index contributed by atoms with van der Waals surface area (Å²) >= 11 is 0. The van der Waals surface area contributed by atoms with E-state index < -0.39 is 12.1 Å². The molecule has 0 aromatic carbocycles. The van der Waals surface area contributed by atoms with Gasteiger partial charge < -0.3 is 15.3 Å². The molecule has 1 aliphatic heterocycles. The van der Waals surface area contributed by atoms with E-state index >= 15 is 0 Å². The number of rotatable bonds is 5. The standard InChI is InChI=1S/C14H22N2O4/c1-2-3-9-4-6-10(7-5-9)15-13(17)12-8-11(14(18)19)16-20-12/h9-10,12H,2-8H2,1H3,(H,15,17)(H,18,19). The lowest BCUT2D eigenvalue weighted by molar-refractivity contribution is -0.132. The van der Waals surface area contributed by atoms with Crippen LogP contribution in [-0.4, -0.2) is 34.8 Å². The van der Waals surface area contributed by atoms with E-state index in [1.165, 1.54) is 12.8 Å². The highest BCUT2D eigenvalue weighted by atomic mass is 16.6. The number of nitrogens with one attached hydrogen (secondary N) is 1. The van der Waals surface area contributed by atoms with Crippen LogP contribution in [0.25, 0.3) is 0 Å². The number of carboxylic acid groups (broad SMARTS) is 1. The minimum atomic E-state index is -1.12. The molecule has 1 fully saturated rings. The summed E-state index contributed by atoms with van der Waals surface area (Å²) in [5, 5.41) is 15.1. The Morgan fingerprint density at radius 2 is 2.05 bits per heavy atom. The molecular weight excluding hydrogens is 260 g/mol. The first kappa shape index (κ1) is 14.8. The first-order chi connectivity index (χ1) is 9.60. The Balaban J connectivity index is 1.73. The van der Waals surface area contributed by atoms with Crippen LogP contribution in [0.4, 0.5) is 0 Å². The van der Waals surface area contributed by atoms with Crippen LogP contribution >= 0.6 is 0 Å². The summed E-state index contributed by atoms with van der Waals surface area (Å²) in [6.07, 6.45) is 6.05. The molecule has 0 spiro atoms. The first-order valence-electron chi connectivity index (χ1n) is 7.36. The molecule has 6 nitrogen and oxygen atoms in total. The van der Waals surface area contributed by atoms with Gasteiger partial charge in [-0.3, -0.25) is 4.79 Å². The first-order valence-corrected chi connectivity index (χ1v) is 7.36. The van der Waals surface area contributed by atoms with E-state index in [4.69, 9.17) is 9.94 Å². The van der Waals surface area contributed by atoms with Crippen LogP contribution in [0.5, 0.6) is 0 Å². The number of aliphatic carboxylic acids is 1. The molecular formula is C14H22N2O4. The van der Waals surface area contributed by atoms with Crippen LogP contribution in [0.3, 0.4) is 0 Å². The third-order valence-electron chi connectivity index (χ3n) is 4.10. The second-order valence-corrected chi connectivity index (χ2v) is 5.66. The Hall–Kier alpha value is -1.59. The second kappa shape index (κ2) is 6.72. The zero-order chi connectivity index (χ0) is 14.5. The molecule has 0 bridgehead atoms. The topological polar surface area (TPSA) is 88.0 Å². The number of amides is 1. The lowest BCUT2D eigenvalue weighted by Crippen LogP contribution is -2.43. The van der Waals surface area contributed by atoms with Crippen molar-refractivity contribution in [2.75, 3.05) is 0 Å². The Kier molecular flexibility index (Phi) is 4.98. The molecule has 0 radical (unpaired) electrons. The SMILES string of the molecule is CCCC1CCC(NC(=O)C2CC(C(=O)O)=NO2)CC1. The number of carbonyl (C=O) groups is 2.